The molecule has 0 aliphatic rings. The van der Waals surface area contributed by atoms with Crippen molar-refractivity contribution in [3.05, 3.63) is 75.7 Å². The summed E-state index contributed by atoms with van der Waals surface area (Å²) >= 11 is 17.9. The Hall–Kier alpha value is -2.17. The molecule has 0 spiro atoms. The summed E-state index contributed by atoms with van der Waals surface area (Å²) in [5, 5.41) is 0.313. The summed E-state index contributed by atoms with van der Waals surface area (Å²) in [5.74, 6) is 0.0958. The van der Waals surface area contributed by atoms with Gasteiger partial charge in [0.1, 0.15) is 10.6 Å². The second kappa shape index (κ2) is 9.13. The zero-order chi connectivity index (χ0) is 22.8. The second-order valence-electron chi connectivity index (χ2n) is 6.13. The molecule has 3 aromatic rings. The maximum absolute atomic E-state index is 12.8. The first-order chi connectivity index (χ1) is 14.5. The Morgan fingerprint density at radius 3 is 2.10 bits per heavy atom. The third kappa shape index (κ3) is 5.36. The third-order valence-electron chi connectivity index (χ3n) is 4.03. The number of benzene rings is 3. The van der Waals surface area contributed by atoms with Gasteiger partial charge in [-0.05, 0) is 48.5 Å². The van der Waals surface area contributed by atoms with Crippen molar-refractivity contribution in [1.29, 1.82) is 0 Å². The maximum atomic E-state index is 12.8. The average Bonchev–Trinajstić information content (AvgIpc) is 2.71. The first kappa shape index (κ1) is 23.5. The summed E-state index contributed by atoms with van der Waals surface area (Å²) in [5.41, 5.74) is 0.0633. The maximum Gasteiger partial charge on any atom is 0.263 e. The van der Waals surface area contributed by atoms with Crippen molar-refractivity contribution in [1.82, 2.24) is 0 Å². The number of rotatable bonds is 7. The molecule has 0 aliphatic heterocycles. The average molecular weight is 522 g/mol. The van der Waals surface area contributed by atoms with Crippen molar-refractivity contribution in [3.63, 3.8) is 0 Å². The molecule has 0 heterocycles. The minimum atomic E-state index is -4.21. The Kier molecular flexibility index (Phi) is 6.92. The van der Waals surface area contributed by atoms with E-state index in [1.54, 1.807) is 12.1 Å². The monoisotopic (exact) mass is 520 g/mol. The Morgan fingerprint density at radius 2 is 1.42 bits per heavy atom. The summed E-state index contributed by atoms with van der Waals surface area (Å²) in [6.07, 6.45) is 0. The highest BCUT2D eigenvalue weighted by Crippen LogP contribution is 2.33. The van der Waals surface area contributed by atoms with Gasteiger partial charge in [-0.2, -0.15) is 0 Å². The summed E-state index contributed by atoms with van der Waals surface area (Å²) in [7, 11) is -6.98. The first-order valence-electron chi connectivity index (χ1n) is 8.47. The van der Waals surface area contributed by atoms with E-state index in [4.69, 9.17) is 39.5 Å². The Balaban J connectivity index is 2.01. The quantitative estimate of drug-likeness (QED) is 0.442. The molecular weight excluding hydrogens is 507 g/mol. The minimum absolute atomic E-state index is 0.0555. The zero-order valence-electron chi connectivity index (χ0n) is 15.8. The van der Waals surface area contributed by atoms with Crippen LogP contribution in [0.4, 0.5) is 11.4 Å². The van der Waals surface area contributed by atoms with Gasteiger partial charge in [0.2, 0.25) is 0 Å². The van der Waals surface area contributed by atoms with Gasteiger partial charge in [-0.1, -0.05) is 46.9 Å². The number of hydrogen-bond donors (Lipinski definition) is 2. The highest BCUT2D eigenvalue weighted by Gasteiger charge is 2.23. The van der Waals surface area contributed by atoms with Crippen LogP contribution < -0.4 is 14.2 Å². The Labute approximate surface area is 195 Å². The molecule has 3 aromatic carbocycles. The standard InChI is InChI=1S/C19H15Cl3N2O5S2/c1-29-18-9-7-13(30(25,26)23-16-5-3-2-4-14(16)21)11-17(18)24-31(27,28)19-10-12(20)6-8-15(19)22/h2-11,23-24H,1H3. The van der Waals surface area contributed by atoms with Crippen molar-refractivity contribution >= 4 is 66.2 Å². The van der Waals surface area contributed by atoms with Crippen molar-refractivity contribution < 1.29 is 21.6 Å². The fourth-order valence-corrected chi connectivity index (χ4v) is 5.73. The van der Waals surface area contributed by atoms with E-state index in [-0.39, 0.29) is 42.0 Å². The van der Waals surface area contributed by atoms with Gasteiger partial charge in [-0.3, -0.25) is 9.44 Å². The molecule has 0 saturated carbocycles. The van der Waals surface area contributed by atoms with E-state index < -0.39 is 20.0 Å². The van der Waals surface area contributed by atoms with Crippen LogP contribution in [-0.4, -0.2) is 23.9 Å². The second-order valence-corrected chi connectivity index (χ2v) is 10.7. The van der Waals surface area contributed by atoms with E-state index in [0.717, 1.165) is 6.07 Å². The lowest BCUT2D eigenvalue weighted by Crippen LogP contribution is -2.16. The highest BCUT2D eigenvalue weighted by molar-refractivity contribution is 7.93. The number of sulfonamides is 2. The topological polar surface area (TPSA) is 102 Å². The predicted molar refractivity (Wildman–Crippen MR) is 123 cm³/mol. The summed E-state index contributed by atoms with van der Waals surface area (Å²) in [4.78, 5) is -0.491. The molecule has 0 saturated heterocycles. The molecule has 0 bridgehead atoms. The number of anilines is 2. The summed E-state index contributed by atoms with van der Waals surface area (Å²) < 4.78 is 61.1. The van der Waals surface area contributed by atoms with E-state index in [0.29, 0.717) is 0 Å². The van der Waals surface area contributed by atoms with Crippen molar-refractivity contribution in [2.75, 3.05) is 16.6 Å². The number of ether oxygens (including phenoxy) is 1. The molecular formula is C19H15Cl3N2O5S2. The largest absolute Gasteiger partial charge is 0.495 e. The van der Waals surface area contributed by atoms with Crippen molar-refractivity contribution in [3.8, 4) is 5.75 Å². The van der Waals surface area contributed by atoms with Gasteiger partial charge < -0.3 is 4.74 Å². The molecule has 2 N–H and O–H groups in total. The third-order valence-corrected chi connectivity index (χ3v) is 7.80. The van der Waals surface area contributed by atoms with Crippen molar-refractivity contribution in [2.24, 2.45) is 0 Å². The van der Waals surface area contributed by atoms with E-state index in [1.807, 2.05) is 0 Å². The highest BCUT2D eigenvalue weighted by atomic mass is 35.5. The van der Waals surface area contributed by atoms with Crippen LogP contribution >= 0.6 is 34.8 Å². The lowest BCUT2D eigenvalue weighted by atomic mass is 10.3. The fraction of sp³-hybridized carbons (Fsp3) is 0.0526. The van der Waals surface area contributed by atoms with Crippen LogP contribution in [-0.2, 0) is 20.0 Å². The number of halogens is 3. The number of para-hydroxylation sites is 1. The van der Waals surface area contributed by atoms with Gasteiger partial charge in [-0.15, -0.1) is 0 Å². The van der Waals surface area contributed by atoms with Gasteiger partial charge in [0.05, 0.1) is 33.4 Å². The normalized spacial score (nSPS) is 11.7. The molecule has 0 radical (unpaired) electrons. The lowest BCUT2D eigenvalue weighted by molar-refractivity contribution is 0.416. The van der Waals surface area contributed by atoms with E-state index in [1.165, 1.54) is 49.6 Å². The van der Waals surface area contributed by atoms with Crippen LogP contribution in [0.15, 0.2) is 70.5 Å². The molecule has 7 nitrogen and oxygen atoms in total. The summed E-state index contributed by atoms with van der Waals surface area (Å²) in [6, 6.07) is 14.0. The smallest absolute Gasteiger partial charge is 0.263 e. The first-order valence-corrected chi connectivity index (χ1v) is 12.6. The molecule has 0 unspecified atom stereocenters. The van der Waals surface area contributed by atoms with Crippen LogP contribution in [0, 0.1) is 0 Å². The zero-order valence-corrected chi connectivity index (χ0v) is 19.7. The fourth-order valence-electron chi connectivity index (χ4n) is 2.56. The van der Waals surface area contributed by atoms with Crippen LogP contribution in [0.3, 0.4) is 0 Å². The molecule has 0 aromatic heterocycles. The van der Waals surface area contributed by atoms with Crippen LogP contribution in [0.5, 0.6) is 5.75 Å². The van der Waals surface area contributed by atoms with E-state index >= 15 is 0 Å². The number of hydrogen-bond acceptors (Lipinski definition) is 5. The Bertz CT molecular complexity index is 1350. The van der Waals surface area contributed by atoms with Gasteiger partial charge in [0.25, 0.3) is 20.0 Å². The number of methoxy groups -OCH3 is 1. The molecule has 0 fully saturated rings. The van der Waals surface area contributed by atoms with E-state index in [9.17, 15) is 16.8 Å². The van der Waals surface area contributed by atoms with Gasteiger partial charge in [0, 0.05) is 5.02 Å². The molecule has 164 valence electrons. The summed E-state index contributed by atoms with van der Waals surface area (Å²) in [6.45, 7) is 0. The van der Waals surface area contributed by atoms with Crippen molar-refractivity contribution in [2.45, 2.75) is 9.79 Å². The Morgan fingerprint density at radius 1 is 0.742 bits per heavy atom. The molecule has 31 heavy (non-hydrogen) atoms. The van der Waals surface area contributed by atoms with Crippen LogP contribution in [0.1, 0.15) is 0 Å². The molecule has 0 amide bonds. The van der Waals surface area contributed by atoms with Gasteiger partial charge in [-0.25, -0.2) is 16.8 Å². The molecule has 0 atom stereocenters. The van der Waals surface area contributed by atoms with Crippen LogP contribution in [0.2, 0.25) is 15.1 Å². The SMILES string of the molecule is COc1ccc(S(=O)(=O)Nc2ccccc2Cl)cc1NS(=O)(=O)c1cc(Cl)ccc1Cl. The molecule has 0 aliphatic carbocycles. The van der Waals surface area contributed by atoms with E-state index in [2.05, 4.69) is 9.44 Å². The lowest BCUT2D eigenvalue weighted by Gasteiger charge is -2.15. The minimum Gasteiger partial charge on any atom is -0.495 e. The van der Waals surface area contributed by atoms with Gasteiger partial charge in [0.15, 0.2) is 0 Å². The van der Waals surface area contributed by atoms with Crippen LogP contribution in [0.25, 0.3) is 0 Å². The predicted octanol–water partition coefficient (Wildman–Crippen LogP) is 5.26. The van der Waals surface area contributed by atoms with Gasteiger partial charge >= 0.3 is 0 Å². The molecule has 12 heteroatoms. The number of nitrogens with one attached hydrogen (secondary N) is 2. The molecule has 3 rings (SSSR count).